The maximum atomic E-state index is 13.8. The number of aromatic amines is 1. The zero-order valence-corrected chi connectivity index (χ0v) is 18.8. The van der Waals surface area contributed by atoms with Crippen molar-refractivity contribution in [3.8, 4) is 22.6 Å². The Labute approximate surface area is 194 Å². The van der Waals surface area contributed by atoms with Crippen molar-refractivity contribution in [3.63, 3.8) is 0 Å². The molecule has 0 radical (unpaired) electrons. The van der Waals surface area contributed by atoms with Crippen LogP contribution in [-0.4, -0.2) is 29.7 Å². The number of rotatable bonds is 6. The van der Waals surface area contributed by atoms with Crippen molar-refractivity contribution in [1.29, 1.82) is 0 Å². The second kappa shape index (κ2) is 8.63. The topological polar surface area (TPSA) is 84.3 Å². The van der Waals surface area contributed by atoms with E-state index in [2.05, 4.69) is 34.1 Å². The number of imidazole rings is 1. The van der Waals surface area contributed by atoms with Gasteiger partial charge in [0, 0.05) is 35.9 Å². The molecule has 5 rings (SSSR count). The summed E-state index contributed by atoms with van der Waals surface area (Å²) in [6, 6.07) is 12.7. The molecule has 3 aromatic heterocycles. The van der Waals surface area contributed by atoms with Gasteiger partial charge < -0.3 is 10.3 Å². The van der Waals surface area contributed by atoms with Gasteiger partial charge >= 0.3 is 0 Å². The van der Waals surface area contributed by atoms with Gasteiger partial charge in [0.25, 0.3) is 0 Å². The molecule has 0 bridgehead atoms. The van der Waals surface area contributed by atoms with Gasteiger partial charge in [0.15, 0.2) is 0 Å². The first-order valence-electron chi connectivity index (χ1n) is 10.5. The number of nitrogens with zero attached hydrogens (tertiary/aromatic N) is 5. The molecule has 3 heterocycles. The molecular weight excluding hydrogens is 441 g/mol. The Morgan fingerprint density at radius 2 is 1.88 bits per heavy atom. The predicted octanol–water partition coefficient (Wildman–Crippen LogP) is 5.87. The molecule has 0 unspecified atom stereocenters. The van der Waals surface area contributed by atoms with E-state index in [0.29, 0.717) is 18.1 Å². The van der Waals surface area contributed by atoms with Crippen LogP contribution in [0.25, 0.3) is 33.7 Å². The predicted molar refractivity (Wildman–Crippen MR) is 127 cm³/mol. The first kappa shape index (κ1) is 21.1. The minimum atomic E-state index is -0.473. The molecule has 2 N–H and O–H groups in total. The van der Waals surface area contributed by atoms with E-state index in [4.69, 9.17) is 21.7 Å². The quantitative estimate of drug-likeness (QED) is 0.330. The maximum absolute atomic E-state index is 13.8. The van der Waals surface area contributed by atoms with Crippen LogP contribution in [0.4, 0.5) is 10.1 Å². The van der Waals surface area contributed by atoms with Gasteiger partial charge in [-0.2, -0.15) is 5.10 Å². The largest absolute Gasteiger partial charge is 0.378 e. The van der Waals surface area contributed by atoms with Crippen molar-refractivity contribution in [3.05, 3.63) is 77.7 Å². The third-order valence-corrected chi connectivity index (χ3v) is 5.58. The minimum absolute atomic E-state index is 0.0864. The number of hydrogen-bond acceptors (Lipinski definition) is 5. The molecule has 0 aliphatic carbocycles. The number of hydrogen-bond donors (Lipinski definition) is 2. The van der Waals surface area contributed by atoms with Crippen molar-refractivity contribution >= 4 is 28.3 Å². The van der Waals surface area contributed by atoms with Crippen molar-refractivity contribution in [2.45, 2.75) is 26.4 Å². The number of fused-ring (bicyclic) bond motifs is 1. The molecule has 0 saturated carbocycles. The number of benzene rings is 2. The summed E-state index contributed by atoms with van der Waals surface area (Å²) < 4.78 is 15.7. The van der Waals surface area contributed by atoms with E-state index in [1.807, 2.05) is 35.1 Å². The van der Waals surface area contributed by atoms with E-state index in [-0.39, 0.29) is 11.1 Å². The van der Waals surface area contributed by atoms with E-state index in [0.717, 1.165) is 33.7 Å². The zero-order valence-electron chi connectivity index (χ0n) is 18.0. The average Bonchev–Trinajstić information content (AvgIpc) is 3.47. The van der Waals surface area contributed by atoms with Crippen LogP contribution in [0.3, 0.4) is 0 Å². The molecule has 0 atom stereocenters. The first-order chi connectivity index (χ1) is 16.0. The van der Waals surface area contributed by atoms with Gasteiger partial charge in [-0.1, -0.05) is 17.7 Å². The summed E-state index contributed by atoms with van der Waals surface area (Å²) in [6.45, 7) is 4.52. The maximum Gasteiger partial charge on any atom is 0.143 e. The van der Waals surface area contributed by atoms with Gasteiger partial charge in [-0.15, -0.1) is 0 Å². The fourth-order valence-corrected chi connectivity index (χ4v) is 3.68. The molecule has 2 aromatic carbocycles. The van der Waals surface area contributed by atoms with Crippen LogP contribution in [0.1, 0.15) is 25.7 Å². The van der Waals surface area contributed by atoms with Gasteiger partial charge in [-0.3, -0.25) is 14.6 Å². The summed E-state index contributed by atoms with van der Waals surface area (Å²) in [7, 11) is 0. The smallest absolute Gasteiger partial charge is 0.143 e. The van der Waals surface area contributed by atoms with Crippen LogP contribution >= 0.6 is 11.6 Å². The normalized spacial score (nSPS) is 11.4. The van der Waals surface area contributed by atoms with Crippen LogP contribution in [-0.2, 0) is 6.54 Å². The van der Waals surface area contributed by atoms with Crippen molar-refractivity contribution in [2.24, 2.45) is 0 Å². The summed E-state index contributed by atoms with van der Waals surface area (Å²) in [6.07, 6.45) is 5.29. The summed E-state index contributed by atoms with van der Waals surface area (Å²) in [5.74, 6) is 0.215. The Bertz CT molecular complexity index is 1440. The molecule has 0 aliphatic rings. The Hall–Kier alpha value is -3.78. The Morgan fingerprint density at radius 3 is 2.64 bits per heavy atom. The van der Waals surface area contributed by atoms with Gasteiger partial charge in [0.2, 0.25) is 0 Å². The van der Waals surface area contributed by atoms with Crippen LogP contribution in [0, 0.1) is 5.82 Å². The second-order valence-corrected chi connectivity index (χ2v) is 8.33. The van der Waals surface area contributed by atoms with Crippen LogP contribution < -0.4 is 5.32 Å². The zero-order chi connectivity index (χ0) is 22.9. The highest BCUT2D eigenvalue weighted by molar-refractivity contribution is 6.30. The van der Waals surface area contributed by atoms with Crippen LogP contribution in [0.2, 0.25) is 5.02 Å². The molecule has 9 heteroatoms. The number of H-pyrrole nitrogens is 1. The molecule has 0 saturated heterocycles. The number of aromatic nitrogens is 6. The van der Waals surface area contributed by atoms with Gasteiger partial charge in [0.05, 0.1) is 34.0 Å². The molecule has 7 nitrogen and oxygen atoms in total. The number of halogens is 2. The standard InChI is InChI=1S/C24H21ClFN7/c1-14(2)33-10-7-20(32-33)24-23(15-3-6-19-21(11-15)28-9-8-27-19)30-22(31-24)13-29-16-4-5-17(25)18(26)12-16/h3-12,14,29H,13H2,1-2H3,(H,30,31). The van der Waals surface area contributed by atoms with Gasteiger partial charge in [0.1, 0.15) is 17.3 Å². The summed E-state index contributed by atoms with van der Waals surface area (Å²) in [4.78, 5) is 17.0. The van der Waals surface area contributed by atoms with E-state index < -0.39 is 5.82 Å². The molecule has 0 spiro atoms. The summed E-state index contributed by atoms with van der Waals surface area (Å²) in [5, 5.41) is 7.99. The third kappa shape index (κ3) is 4.29. The third-order valence-electron chi connectivity index (χ3n) is 5.27. The molecule has 0 amide bonds. The molecule has 166 valence electrons. The molecule has 33 heavy (non-hydrogen) atoms. The number of anilines is 1. The lowest BCUT2D eigenvalue weighted by atomic mass is 10.1. The van der Waals surface area contributed by atoms with Crippen molar-refractivity contribution in [2.75, 3.05) is 5.32 Å². The fraction of sp³-hybridized carbons (Fsp3) is 0.167. The average molecular weight is 462 g/mol. The van der Waals surface area contributed by atoms with Crippen LogP contribution in [0.5, 0.6) is 0 Å². The minimum Gasteiger partial charge on any atom is -0.378 e. The highest BCUT2D eigenvalue weighted by atomic mass is 35.5. The molecule has 0 fully saturated rings. The molecular formula is C24H21ClFN7. The monoisotopic (exact) mass is 461 g/mol. The Balaban J connectivity index is 1.53. The lowest BCUT2D eigenvalue weighted by Gasteiger charge is -2.05. The van der Waals surface area contributed by atoms with Crippen molar-refractivity contribution in [1.82, 2.24) is 29.7 Å². The van der Waals surface area contributed by atoms with Gasteiger partial charge in [-0.25, -0.2) is 9.37 Å². The summed E-state index contributed by atoms with van der Waals surface area (Å²) in [5.41, 5.74) is 5.46. The van der Waals surface area contributed by atoms with Gasteiger partial charge in [-0.05, 0) is 50.2 Å². The Kier molecular flexibility index (Phi) is 5.51. The Morgan fingerprint density at radius 1 is 1.06 bits per heavy atom. The lowest BCUT2D eigenvalue weighted by Crippen LogP contribution is -2.02. The fourth-order valence-electron chi connectivity index (χ4n) is 3.56. The summed E-state index contributed by atoms with van der Waals surface area (Å²) >= 11 is 5.78. The second-order valence-electron chi connectivity index (χ2n) is 7.92. The number of nitrogens with one attached hydrogen (secondary N) is 2. The first-order valence-corrected chi connectivity index (χ1v) is 10.9. The highest BCUT2D eigenvalue weighted by Crippen LogP contribution is 2.31. The highest BCUT2D eigenvalue weighted by Gasteiger charge is 2.17. The van der Waals surface area contributed by atoms with Crippen LogP contribution in [0.15, 0.2) is 61.1 Å². The van der Waals surface area contributed by atoms with E-state index in [1.165, 1.54) is 12.1 Å². The lowest BCUT2D eigenvalue weighted by molar-refractivity contribution is 0.534. The van der Waals surface area contributed by atoms with Crippen molar-refractivity contribution < 1.29 is 4.39 Å². The van der Waals surface area contributed by atoms with E-state index in [9.17, 15) is 4.39 Å². The SMILES string of the molecule is CC(C)n1ccc(-c2[nH]c(CNc3ccc(Cl)c(F)c3)nc2-c2ccc3nccnc3c2)n1. The van der Waals surface area contributed by atoms with E-state index in [1.54, 1.807) is 18.5 Å². The molecule has 0 aliphatic heterocycles. The molecule has 5 aromatic rings. The van der Waals surface area contributed by atoms with E-state index >= 15 is 0 Å².